The van der Waals surface area contributed by atoms with E-state index < -0.39 is 5.91 Å². The Labute approximate surface area is 118 Å². The Morgan fingerprint density at radius 3 is 2.47 bits per heavy atom. The average Bonchev–Trinajstić information content (AvgIpc) is 2.38. The number of halogens is 1. The largest absolute Gasteiger partial charge is 0.372 e. The predicted molar refractivity (Wildman–Crippen MR) is 78.6 cm³/mol. The number of anilines is 1. The standard InChI is InChI=1S/C14H20ClN3O/c1-18(10-4-2-9(16)3-5-10)11-6-7-12(14(17)19)13(15)8-11/h6-10H,2-5,16H2,1H3,(H2,17,19). The summed E-state index contributed by atoms with van der Waals surface area (Å²) in [5.41, 5.74) is 12.5. The molecule has 1 aliphatic rings. The van der Waals surface area contributed by atoms with E-state index in [4.69, 9.17) is 23.1 Å². The topological polar surface area (TPSA) is 72.3 Å². The monoisotopic (exact) mass is 281 g/mol. The molecule has 0 unspecified atom stereocenters. The van der Waals surface area contributed by atoms with Crippen LogP contribution in [0.2, 0.25) is 5.02 Å². The molecule has 1 aromatic rings. The zero-order valence-electron chi connectivity index (χ0n) is 11.1. The number of carbonyl (C=O) groups excluding carboxylic acids is 1. The molecule has 5 heteroatoms. The van der Waals surface area contributed by atoms with Crippen molar-refractivity contribution in [3.05, 3.63) is 28.8 Å². The molecule has 19 heavy (non-hydrogen) atoms. The Morgan fingerprint density at radius 2 is 1.95 bits per heavy atom. The van der Waals surface area contributed by atoms with E-state index in [1.807, 2.05) is 6.07 Å². The lowest BCUT2D eigenvalue weighted by Crippen LogP contribution is -2.38. The van der Waals surface area contributed by atoms with E-state index in [0.29, 0.717) is 22.7 Å². The number of nitrogens with two attached hydrogens (primary N) is 2. The second-order valence-corrected chi connectivity index (χ2v) is 5.62. The lowest BCUT2D eigenvalue weighted by atomic mass is 9.90. The molecule has 0 saturated heterocycles. The second-order valence-electron chi connectivity index (χ2n) is 5.21. The molecule has 1 aliphatic carbocycles. The predicted octanol–water partition coefficient (Wildman–Crippen LogP) is 2.14. The molecule has 0 heterocycles. The summed E-state index contributed by atoms with van der Waals surface area (Å²) in [4.78, 5) is 13.4. The maximum absolute atomic E-state index is 11.2. The van der Waals surface area contributed by atoms with Gasteiger partial charge in [-0.05, 0) is 43.9 Å². The molecule has 4 nitrogen and oxygen atoms in total. The maximum atomic E-state index is 11.2. The highest BCUT2D eigenvalue weighted by molar-refractivity contribution is 6.34. The number of benzene rings is 1. The quantitative estimate of drug-likeness (QED) is 0.892. The zero-order chi connectivity index (χ0) is 14.0. The first kappa shape index (κ1) is 14.2. The van der Waals surface area contributed by atoms with Gasteiger partial charge in [0.25, 0.3) is 0 Å². The molecule has 1 amide bonds. The summed E-state index contributed by atoms with van der Waals surface area (Å²) >= 11 is 6.08. The lowest BCUT2D eigenvalue weighted by Gasteiger charge is -2.35. The van der Waals surface area contributed by atoms with Crippen LogP contribution in [0.25, 0.3) is 0 Å². The van der Waals surface area contributed by atoms with Crippen molar-refractivity contribution in [2.45, 2.75) is 37.8 Å². The summed E-state index contributed by atoms with van der Waals surface area (Å²) in [5, 5.41) is 0.407. The molecule has 1 saturated carbocycles. The molecule has 0 aliphatic heterocycles. The van der Waals surface area contributed by atoms with Gasteiger partial charge in [-0.25, -0.2) is 0 Å². The van der Waals surface area contributed by atoms with E-state index >= 15 is 0 Å². The molecular formula is C14H20ClN3O. The van der Waals surface area contributed by atoms with E-state index in [0.717, 1.165) is 31.4 Å². The van der Waals surface area contributed by atoms with E-state index in [-0.39, 0.29) is 0 Å². The summed E-state index contributed by atoms with van der Waals surface area (Å²) < 4.78 is 0. The van der Waals surface area contributed by atoms with Crippen LogP contribution in [0, 0.1) is 0 Å². The SMILES string of the molecule is CN(c1ccc(C(N)=O)c(Cl)c1)C1CCC(N)CC1. The van der Waals surface area contributed by atoms with Crippen LogP contribution in [-0.4, -0.2) is 25.0 Å². The van der Waals surface area contributed by atoms with Gasteiger partial charge in [0.05, 0.1) is 10.6 Å². The van der Waals surface area contributed by atoms with Crippen LogP contribution in [-0.2, 0) is 0 Å². The van der Waals surface area contributed by atoms with Crippen molar-refractivity contribution in [2.24, 2.45) is 11.5 Å². The Bertz CT molecular complexity index is 470. The molecule has 2 rings (SSSR count). The van der Waals surface area contributed by atoms with Gasteiger partial charge < -0.3 is 16.4 Å². The number of amides is 1. The minimum absolute atomic E-state index is 0.338. The van der Waals surface area contributed by atoms with Gasteiger partial charge in [0.1, 0.15) is 0 Å². The molecule has 0 spiro atoms. The van der Waals surface area contributed by atoms with Crippen LogP contribution in [0.3, 0.4) is 0 Å². The highest BCUT2D eigenvalue weighted by atomic mass is 35.5. The number of carbonyl (C=O) groups is 1. The van der Waals surface area contributed by atoms with Crippen molar-refractivity contribution in [2.75, 3.05) is 11.9 Å². The maximum Gasteiger partial charge on any atom is 0.250 e. The van der Waals surface area contributed by atoms with E-state index in [1.165, 1.54) is 0 Å². The zero-order valence-corrected chi connectivity index (χ0v) is 11.9. The van der Waals surface area contributed by atoms with Crippen LogP contribution < -0.4 is 16.4 Å². The molecule has 0 radical (unpaired) electrons. The van der Waals surface area contributed by atoms with Crippen molar-refractivity contribution in [1.29, 1.82) is 0 Å². The fourth-order valence-electron chi connectivity index (χ4n) is 2.62. The van der Waals surface area contributed by atoms with Crippen LogP contribution in [0.1, 0.15) is 36.0 Å². The third-order valence-electron chi connectivity index (χ3n) is 3.91. The summed E-state index contributed by atoms with van der Waals surface area (Å²) in [5.74, 6) is -0.497. The van der Waals surface area contributed by atoms with Crippen molar-refractivity contribution >= 4 is 23.2 Å². The van der Waals surface area contributed by atoms with Crippen molar-refractivity contribution in [3.8, 4) is 0 Å². The first-order valence-electron chi connectivity index (χ1n) is 6.57. The third-order valence-corrected chi connectivity index (χ3v) is 4.23. The third kappa shape index (κ3) is 3.19. The van der Waals surface area contributed by atoms with Crippen LogP contribution in [0.4, 0.5) is 5.69 Å². The fraction of sp³-hybridized carbons (Fsp3) is 0.500. The van der Waals surface area contributed by atoms with Gasteiger partial charge in [-0.1, -0.05) is 11.6 Å². The Kier molecular flexibility index (Phi) is 4.32. The Hall–Kier alpha value is -1.26. The second kappa shape index (κ2) is 5.80. The normalized spacial score (nSPS) is 23.1. The highest BCUT2D eigenvalue weighted by Crippen LogP contribution is 2.28. The number of hydrogen-bond donors (Lipinski definition) is 2. The average molecular weight is 282 g/mol. The van der Waals surface area contributed by atoms with Crippen LogP contribution >= 0.6 is 11.6 Å². The molecule has 1 aromatic carbocycles. The van der Waals surface area contributed by atoms with Gasteiger partial charge in [-0.15, -0.1) is 0 Å². The van der Waals surface area contributed by atoms with Crippen molar-refractivity contribution < 1.29 is 4.79 Å². The number of rotatable bonds is 3. The summed E-state index contributed by atoms with van der Waals surface area (Å²) in [6, 6.07) is 6.20. The van der Waals surface area contributed by atoms with Gasteiger partial charge in [-0.3, -0.25) is 4.79 Å². The van der Waals surface area contributed by atoms with Gasteiger partial charge in [0.15, 0.2) is 0 Å². The molecular weight excluding hydrogens is 262 g/mol. The number of nitrogens with zero attached hydrogens (tertiary/aromatic N) is 1. The van der Waals surface area contributed by atoms with E-state index in [1.54, 1.807) is 12.1 Å². The van der Waals surface area contributed by atoms with Gasteiger partial charge >= 0.3 is 0 Å². The number of primary amides is 1. The molecule has 104 valence electrons. The molecule has 0 aromatic heterocycles. The first-order chi connectivity index (χ1) is 8.99. The molecule has 4 N–H and O–H groups in total. The fourth-order valence-corrected chi connectivity index (χ4v) is 2.89. The lowest BCUT2D eigenvalue weighted by molar-refractivity contribution is 0.100. The smallest absolute Gasteiger partial charge is 0.250 e. The van der Waals surface area contributed by atoms with Crippen LogP contribution in [0.15, 0.2) is 18.2 Å². The van der Waals surface area contributed by atoms with Gasteiger partial charge in [-0.2, -0.15) is 0 Å². The van der Waals surface area contributed by atoms with Gasteiger partial charge in [0.2, 0.25) is 5.91 Å². The summed E-state index contributed by atoms with van der Waals surface area (Å²) in [6.45, 7) is 0. The van der Waals surface area contributed by atoms with E-state index in [2.05, 4.69) is 11.9 Å². The van der Waals surface area contributed by atoms with E-state index in [9.17, 15) is 4.79 Å². The first-order valence-corrected chi connectivity index (χ1v) is 6.94. The molecule has 1 fully saturated rings. The van der Waals surface area contributed by atoms with Crippen molar-refractivity contribution in [3.63, 3.8) is 0 Å². The molecule has 0 atom stereocenters. The minimum atomic E-state index is -0.497. The highest BCUT2D eigenvalue weighted by Gasteiger charge is 2.22. The van der Waals surface area contributed by atoms with Gasteiger partial charge in [0, 0.05) is 24.8 Å². The minimum Gasteiger partial charge on any atom is -0.372 e. The molecule has 0 bridgehead atoms. The summed E-state index contributed by atoms with van der Waals surface area (Å²) in [6.07, 6.45) is 4.30. The van der Waals surface area contributed by atoms with Crippen LogP contribution in [0.5, 0.6) is 0 Å². The Morgan fingerprint density at radius 1 is 1.32 bits per heavy atom. The Balaban J connectivity index is 2.13. The van der Waals surface area contributed by atoms with Crippen molar-refractivity contribution in [1.82, 2.24) is 0 Å². The number of hydrogen-bond acceptors (Lipinski definition) is 3. The summed E-state index contributed by atoms with van der Waals surface area (Å²) in [7, 11) is 2.05.